The van der Waals surface area contributed by atoms with Gasteiger partial charge in [-0.25, -0.2) is 0 Å². The largest absolute Gasteiger partial charge is 0.481 e. The highest BCUT2D eigenvalue weighted by atomic mass is 16.4. The fourth-order valence-corrected chi connectivity index (χ4v) is 1.26. The molecule has 3 heteroatoms. The van der Waals surface area contributed by atoms with E-state index in [4.69, 9.17) is 5.11 Å². The van der Waals surface area contributed by atoms with E-state index < -0.39 is 11.4 Å². The molecule has 0 heterocycles. The van der Waals surface area contributed by atoms with Crippen molar-refractivity contribution in [2.45, 2.75) is 26.2 Å². The molecule has 0 aromatic rings. The summed E-state index contributed by atoms with van der Waals surface area (Å²) in [6.45, 7) is 1.81. The molecule has 3 nitrogen and oxygen atoms in total. The lowest BCUT2D eigenvalue weighted by atomic mass is 9.66. The van der Waals surface area contributed by atoms with Crippen LogP contribution in [-0.4, -0.2) is 16.9 Å². The lowest BCUT2D eigenvalue weighted by Crippen LogP contribution is -2.43. The Morgan fingerprint density at radius 1 is 1.70 bits per heavy atom. The van der Waals surface area contributed by atoms with Crippen LogP contribution in [0.4, 0.5) is 0 Å². The number of hydrogen-bond acceptors (Lipinski definition) is 2. The molecule has 1 rings (SSSR count). The van der Waals surface area contributed by atoms with Crippen LogP contribution < -0.4 is 0 Å². The molecule has 0 spiro atoms. The number of carbonyl (C=O) groups excluding carboxylic acids is 1. The third-order valence-electron chi connectivity index (χ3n) is 2.20. The molecule has 1 fully saturated rings. The van der Waals surface area contributed by atoms with Gasteiger partial charge in [-0.1, -0.05) is 6.92 Å². The lowest BCUT2D eigenvalue weighted by Gasteiger charge is -2.34. The van der Waals surface area contributed by atoms with Gasteiger partial charge in [0.1, 0.15) is 5.78 Å². The predicted octanol–water partition coefficient (Wildman–Crippen LogP) is 0.830. The number of carboxylic acid groups (broad SMARTS) is 1. The van der Waals surface area contributed by atoms with Gasteiger partial charge >= 0.3 is 5.97 Å². The van der Waals surface area contributed by atoms with Crippen molar-refractivity contribution in [1.82, 2.24) is 0 Å². The Bertz CT molecular complexity index is 175. The molecule has 0 bridgehead atoms. The van der Waals surface area contributed by atoms with Crippen molar-refractivity contribution in [3.8, 4) is 0 Å². The normalized spacial score (nSPS) is 21.9. The van der Waals surface area contributed by atoms with E-state index in [9.17, 15) is 9.59 Å². The number of aliphatic carboxylic acids is 1. The monoisotopic (exact) mass is 142 g/mol. The summed E-state index contributed by atoms with van der Waals surface area (Å²) in [7, 11) is 0. The number of hydrogen-bond donors (Lipinski definition) is 1. The molecule has 0 aromatic heterocycles. The van der Waals surface area contributed by atoms with Gasteiger partial charge < -0.3 is 5.11 Å². The molecule has 1 aliphatic rings. The molecule has 0 unspecified atom stereocenters. The second kappa shape index (κ2) is 2.08. The first kappa shape index (κ1) is 7.25. The van der Waals surface area contributed by atoms with E-state index in [1.807, 2.05) is 0 Å². The molecule has 0 aromatic carbocycles. The van der Waals surface area contributed by atoms with E-state index in [0.717, 1.165) is 0 Å². The van der Waals surface area contributed by atoms with Crippen molar-refractivity contribution >= 4 is 11.8 Å². The molecule has 10 heavy (non-hydrogen) atoms. The summed E-state index contributed by atoms with van der Waals surface area (Å²) < 4.78 is 0. The van der Waals surface area contributed by atoms with Gasteiger partial charge in [0.25, 0.3) is 0 Å². The Balaban J connectivity index is 2.65. The topological polar surface area (TPSA) is 54.4 Å². The van der Waals surface area contributed by atoms with Gasteiger partial charge in [-0.2, -0.15) is 0 Å². The lowest BCUT2D eigenvalue weighted by molar-refractivity contribution is -0.160. The van der Waals surface area contributed by atoms with Gasteiger partial charge in [0.15, 0.2) is 0 Å². The van der Waals surface area contributed by atoms with Crippen LogP contribution in [0.3, 0.4) is 0 Å². The standard InChI is InChI=1S/C7H10O3/c1-2-7(6(9)10)3-5(8)4-7/h2-4H2,1H3,(H,9,10). The predicted molar refractivity (Wildman–Crippen MR) is 34.6 cm³/mol. The van der Waals surface area contributed by atoms with Gasteiger partial charge in [0.2, 0.25) is 0 Å². The molecule has 0 saturated heterocycles. The highest BCUT2D eigenvalue weighted by Crippen LogP contribution is 2.41. The maximum Gasteiger partial charge on any atom is 0.310 e. The SMILES string of the molecule is CCC1(C(=O)O)CC(=O)C1. The second-order valence-corrected chi connectivity index (χ2v) is 2.83. The van der Waals surface area contributed by atoms with Crippen molar-refractivity contribution in [2.75, 3.05) is 0 Å². The highest BCUT2D eigenvalue weighted by molar-refractivity contribution is 5.96. The molecule has 0 amide bonds. The fraction of sp³-hybridized carbons (Fsp3) is 0.714. The number of carbonyl (C=O) groups is 2. The zero-order valence-electron chi connectivity index (χ0n) is 5.89. The number of rotatable bonds is 2. The van der Waals surface area contributed by atoms with Gasteiger partial charge in [-0.3, -0.25) is 9.59 Å². The van der Waals surface area contributed by atoms with E-state index in [2.05, 4.69) is 0 Å². The number of ketones is 1. The summed E-state index contributed by atoms with van der Waals surface area (Å²) in [5, 5.41) is 8.65. The summed E-state index contributed by atoms with van der Waals surface area (Å²) >= 11 is 0. The van der Waals surface area contributed by atoms with Crippen LogP contribution in [0, 0.1) is 5.41 Å². The average molecular weight is 142 g/mol. The summed E-state index contributed by atoms with van der Waals surface area (Å²) in [6.07, 6.45) is 1.03. The van der Waals surface area contributed by atoms with Crippen LogP contribution in [0.2, 0.25) is 0 Å². The Morgan fingerprint density at radius 3 is 2.30 bits per heavy atom. The van der Waals surface area contributed by atoms with E-state index in [0.29, 0.717) is 6.42 Å². The van der Waals surface area contributed by atoms with Crippen molar-refractivity contribution in [2.24, 2.45) is 5.41 Å². The molecule has 1 aliphatic carbocycles. The van der Waals surface area contributed by atoms with Crippen LogP contribution >= 0.6 is 0 Å². The average Bonchev–Trinajstić information content (AvgIpc) is 1.79. The Labute approximate surface area is 59.0 Å². The first-order valence-corrected chi connectivity index (χ1v) is 3.36. The summed E-state index contributed by atoms with van der Waals surface area (Å²) in [6, 6.07) is 0. The number of Topliss-reactive ketones (excluding diaryl/α,β-unsaturated/α-hetero) is 1. The summed E-state index contributed by atoms with van der Waals surface area (Å²) in [4.78, 5) is 21.0. The van der Waals surface area contributed by atoms with Crippen LogP contribution in [-0.2, 0) is 9.59 Å². The minimum atomic E-state index is -0.824. The Hall–Kier alpha value is -0.860. The molecular formula is C7H10O3. The van der Waals surface area contributed by atoms with Crippen LogP contribution in [0.5, 0.6) is 0 Å². The van der Waals surface area contributed by atoms with Crippen LogP contribution in [0.25, 0.3) is 0 Å². The number of carboxylic acids is 1. The zero-order valence-corrected chi connectivity index (χ0v) is 5.89. The van der Waals surface area contributed by atoms with E-state index in [1.165, 1.54) is 0 Å². The van der Waals surface area contributed by atoms with Crippen LogP contribution in [0.1, 0.15) is 26.2 Å². The highest BCUT2D eigenvalue weighted by Gasteiger charge is 2.48. The second-order valence-electron chi connectivity index (χ2n) is 2.83. The molecule has 1 N–H and O–H groups in total. The summed E-state index contributed by atoms with van der Waals surface area (Å²) in [5.41, 5.74) is -0.697. The summed E-state index contributed by atoms with van der Waals surface area (Å²) in [5.74, 6) is -0.751. The van der Waals surface area contributed by atoms with Gasteiger partial charge in [0.05, 0.1) is 5.41 Å². The smallest absolute Gasteiger partial charge is 0.310 e. The molecule has 56 valence electrons. The van der Waals surface area contributed by atoms with E-state index in [1.54, 1.807) is 6.92 Å². The van der Waals surface area contributed by atoms with Crippen molar-refractivity contribution in [3.63, 3.8) is 0 Å². The van der Waals surface area contributed by atoms with Gasteiger partial charge in [-0.15, -0.1) is 0 Å². The van der Waals surface area contributed by atoms with E-state index in [-0.39, 0.29) is 18.6 Å². The zero-order chi connectivity index (χ0) is 7.78. The maximum absolute atomic E-state index is 10.5. The fourth-order valence-electron chi connectivity index (χ4n) is 1.26. The minimum Gasteiger partial charge on any atom is -0.481 e. The first-order valence-electron chi connectivity index (χ1n) is 3.36. The quantitative estimate of drug-likeness (QED) is 0.621. The van der Waals surface area contributed by atoms with Crippen molar-refractivity contribution in [1.29, 1.82) is 0 Å². The molecule has 0 aliphatic heterocycles. The Kier molecular flexibility index (Phi) is 1.50. The molecular weight excluding hydrogens is 132 g/mol. The van der Waals surface area contributed by atoms with Crippen LogP contribution in [0.15, 0.2) is 0 Å². The van der Waals surface area contributed by atoms with Gasteiger partial charge in [-0.05, 0) is 6.42 Å². The molecule has 0 atom stereocenters. The Morgan fingerprint density at radius 2 is 2.20 bits per heavy atom. The third-order valence-corrected chi connectivity index (χ3v) is 2.20. The first-order chi connectivity index (χ1) is 4.60. The molecule has 0 radical (unpaired) electrons. The third kappa shape index (κ3) is 0.818. The van der Waals surface area contributed by atoms with E-state index >= 15 is 0 Å². The molecule has 1 saturated carbocycles. The maximum atomic E-state index is 10.5. The minimum absolute atomic E-state index is 0.0734. The van der Waals surface area contributed by atoms with Crippen molar-refractivity contribution in [3.05, 3.63) is 0 Å². The van der Waals surface area contributed by atoms with Crippen molar-refractivity contribution < 1.29 is 14.7 Å². The van der Waals surface area contributed by atoms with Gasteiger partial charge in [0, 0.05) is 12.8 Å².